The maximum atomic E-state index is 14.4. The van der Waals surface area contributed by atoms with Crippen LogP contribution in [0.1, 0.15) is 53.9 Å². The molecule has 4 rings (SSSR count). The summed E-state index contributed by atoms with van der Waals surface area (Å²) in [5, 5.41) is 13.3. The summed E-state index contributed by atoms with van der Waals surface area (Å²) in [6.45, 7) is 1.75. The van der Waals surface area contributed by atoms with E-state index in [1.807, 2.05) is 6.07 Å². The summed E-state index contributed by atoms with van der Waals surface area (Å²) in [4.78, 5) is 12.4. The van der Waals surface area contributed by atoms with Crippen molar-refractivity contribution >= 4 is 29.2 Å². The van der Waals surface area contributed by atoms with E-state index in [0.717, 1.165) is 4.57 Å². The molecule has 2 atom stereocenters. The van der Waals surface area contributed by atoms with Gasteiger partial charge in [-0.3, -0.25) is 9.36 Å². The van der Waals surface area contributed by atoms with Crippen LogP contribution in [0.3, 0.4) is 0 Å². The smallest absolute Gasteiger partial charge is 0.382 e. The van der Waals surface area contributed by atoms with Gasteiger partial charge in [-0.15, -0.1) is 10.2 Å². The van der Waals surface area contributed by atoms with E-state index in [4.69, 9.17) is 37.4 Å². The molecular weight excluding hydrogens is 505 g/mol. The van der Waals surface area contributed by atoms with Crippen LogP contribution in [0.15, 0.2) is 36.4 Å². The summed E-state index contributed by atoms with van der Waals surface area (Å²) in [7, 11) is 1.44. The second-order valence-corrected chi connectivity index (χ2v) is 8.33. The number of aromatic nitrogens is 3. The van der Waals surface area contributed by atoms with Gasteiger partial charge in [-0.1, -0.05) is 23.7 Å². The zero-order valence-electron chi connectivity index (χ0n) is 18.5. The average molecular weight is 523 g/mol. The third-order valence-corrected chi connectivity index (χ3v) is 5.94. The van der Waals surface area contributed by atoms with Crippen molar-refractivity contribution in [3.8, 4) is 17.5 Å². The first-order chi connectivity index (χ1) is 16.7. The minimum absolute atomic E-state index is 0.0825. The van der Waals surface area contributed by atoms with E-state index < -0.39 is 29.4 Å². The van der Waals surface area contributed by atoms with Crippen molar-refractivity contribution in [3.63, 3.8) is 0 Å². The lowest BCUT2D eigenvalue weighted by Crippen LogP contribution is -2.18. The lowest BCUT2D eigenvalue weighted by atomic mass is 9.97. The Morgan fingerprint density at radius 3 is 2.71 bits per heavy atom. The number of methoxy groups -OCH3 is 1. The summed E-state index contributed by atoms with van der Waals surface area (Å²) in [5.41, 5.74) is 1.17. The lowest BCUT2D eigenvalue weighted by molar-refractivity contribution is -0.147. The van der Waals surface area contributed by atoms with Crippen LogP contribution in [-0.4, -0.2) is 34.5 Å². The molecule has 0 N–H and O–H groups in total. The average Bonchev–Trinajstić information content (AvgIpc) is 3.23. The Labute approximate surface area is 208 Å². The highest BCUT2D eigenvalue weighted by Gasteiger charge is 2.42. The van der Waals surface area contributed by atoms with Crippen molar-refractivity contribution in [2.75, 3.05) is 13.7 Å². The number of fused-ring (bicyclic) bond motifs is 3. The van der Waals surface area contributed by atoms with Gasteiger partial charge in [-0.25, -0.2) is 0 Å². The van der Waals surface area contributed by atoms with E-state index in [1.54, 1.807) is 25.1 Å². The molecule has 35 heavy (non-hydrogen) atoms. The number of carbonyl (C=O) groups excluding carboxylic acids is 1. The summed E-state index contributed by atoms with van der Waals surface area (Å²) >= 11 is 11.9. The van der Waals surface area contributed by atoms with E-state index in [-0.39, 0.29) is 35.1 Å². The Hall–Kier alpha value is -3.26. The lowest BCUT2D eigenvalue weighted by Gasteiger charge is -2.24. The number of esters is 1. The minimum Gasteiger partial charge on any atom is -0.495 e. The summed E-state index contributed by atoms with van der Waals surface area (Å²) in [6.07, 6.45) is -2.52. The largest absolute Gasteiger partial charge is 0.495 e. The van der Waals surface area contributed by atoms with Crippen LogP contribution < -0.4 is 4.74 Å². The molecule has 0 unspecified atom stereocenters. The second kappa shape index (κ2) is 9.77. The highest BCUT2D eigenvalue weighted by molar-refractivity contribution is 6.33. The van der Waals surface area contributed by atoms with Gasteiger partial charge in [0.2, 0.25) is 5.82 Å². The molecule has 2 heterocycles. The number of benzene rings is 2. The molecule has 0 saturated heterocycles. The number of halogens is 4. The fourth-order valence-electron chi connectivity index (χ4n) is 3.90. The number of nitriles is 1. The number of rotatable bonds is 6. The molecule has 0 fully saturated rings. The molecule has 182 valence electrons. The van der Waals surface area contributed by atoms with Gasteiger partial charge >= 0.3 is 11.4 Å². The maximum Gasteiger partial charge on any atom is 0.382 e. The van der Waals surface area contributed by atoms with Crippen LogP contribution in [0.25, 0.3) is 5.69 Å². The zero-order chi connectivity index (χ0) is 25.3. The van der Waals surface area contributed by atoms with Crippen LogP contribution in [0, 0.1) is 11.3 Å². The predicted octanol–water partition coefficient (Wildman–Crippen LogP) is 5.20. The van der Waals surface area contributed by atoms with Crippen LogP contribution in [0.5, 0.6) is 5.75 Å². The third-order valence-electron chi connectivity index (χ3n) is 5.36. The summed E-state index contributed by atoms with van der Waals surface area (Å²) < 4.78 is 46.4. The summed E-state index contributed by atoms with van der Waals surface area (Å²) in [5.74, 6) is -1.23. The number of carbonyl (C=O) groups is 1. The molecule has 1 aliphatic rings. The highest BCUT2D eigenvalue weighted by atomic mass is 35.5. The van der Waals surface area contributed by atoms with Crippen molar-refractivity contribution in [1.29, 1.82) is 5.26 Å². The van der Waals surface area contributed by atoms with E-state index >= 15 is 0 Å². The van der Waals surface area contributed by atoms with Gasteiger partial charge in [-0.2, -0.15) is 14.0 Å². The molecule has 3 aromatic rings. The number of nitrogens with zero attached hydrogens (tertiary/aromatic N) is 4. The van der Waals surface area contributed by atoms with Crippen LogP contribution in [0.2, 0.25) is 5.02 Å². The first-order valence-corrected chi connectivity index (χ1v) is 11.2. The molecular formula is C23H18Cl2F2N4O4. The van der Waals surface area contributed by atoms with Crippen molar-refractivity contribution in [3.05, 3.63) is 69.8 Å². The second-order valence-electron chi connectivity index (χ2n) is 7.48. The predicted molar refractivity (Wildman–Crippen MR) is 121 cm³/mol. The Kier molecular flexibility index (Phi) is 6.94. The number of hydrogen-bond acceptors (Lipinski definition) is 7. The van der Waals surface area contributed by atoms with Gasteiger partial charge in [0.15, 0.2) is 5.82 Å². The number of alkyl halides is 3. The molecule has 0 bridgehead atoms. The molecule has 0 amide bonds. The SMILES string of the molecule is CCOC(=O)C[C@H]1O[C@H](c2cccc(OC)c2Cl)c2cc(C#N)ccc2-n2c1nnc2C(F)(F)Cl. The quantitative estimate of drug-likeness (QED) is 0.323. The Balaban J connectivity index is 2.01. The Morgan fingerprint density at radius 2 is 2.06 bits per heavy atom. The maximum absolute atomic E-state index is 14.4. The number of hydrogen-bond donors (Lipinski definition) is 0. The topological polar surface area (TPSA) is 99.3 Å². The third kappa shape index (κ3) is 4.67. The van der Waals surface area contributed by atoms with E-state index in [9.17, 15) is 18.8 Å². The molecule has 0 saturated carbocycles. The first kappa shape index (κ1) is 24.9. The van der Waals surface area contributed by atoms with Crippen LogP contribution in [-0.2, 0) is 19.6 Å². The monoisotopic (exact) mass is 522 g/mol. The molecule has 0 aliphatic carbocycles. The Morgan fingerprint density at radius 1 is 1.29 bits per heavy atom. The molecule has 1 aliphatic heterocycles. The van der Waals surface area contributed by atoms with Crippen molar-refractivity contribution < 1.29 is 27.8 Å². The number of ether oxygens (including phenoxy) is 3. The van der Waals surface area contributed by atoms with Crippen LogP contribution in [0.4, 0.5) is 8.78 Å². The molecule has 0 radical (unpaired) electrons. The van der Waals surface area contributed by atoms with Crippen molar-refractivity contribution in [2.24, 2.45) is 0 Å². The fraction of sp³-hybridized carbons (Fsp3) is 0.304. The van der Waals surface area contributed by atoms with Crippen molar-refractivity contribution in [1.82, 2.24) is 14.8 Å². The van der Waals surface area contributed by atoms with Gasteiger partial charge in [-0.05, 0) is 42.8 Å². The van der Waals surface area contributed by atoms with Gasteiger partial charge in [0.1, 0.15) is 18.0 Å². The van der Waals surface area contributed by atoms with E-state index in [1.165, 1.54) is 25.3 Å². The molecule has 1 aromatic heterocycles. The zero-order valence-corrected chi connectivity index (χ0v) is 20.0. The molecule has 0 spiro atoms. The van der Waals surface area contributed by atoms with Gasteiger partial charge < -0.3 is 14.2 Å². The Bertz CT molecular complexity index is 1320. The highest BCUT2D eigenvalue weighted by Crippen LogP contribution is 2.46. The first-order valence-electron chi connectivity index (χ1n) is 10.4. The van der Waals surface area contributed by atoms with Crippen LogP contribution >= 0.6 is 23.2 Å². The molecule has 12 heteroatoms. The van der Waals surface area contributed by atoms with Gasteiger partial charge in [0, 0.05) is 11.1 Å². The van der Waals surface area contributed by atoms with Crippen molar-refractivity contribution in [2.45, 2.75) is 30.9 Å². The fourth-order valence-corrected chi connectivity index (χ4v) is 4.33. The van der Waals surface area contributed by atoms with E-state index in [2.05, 4.69) is 10.2 Å². The molecule has 2 aromatic carbocycles. The standard InChI is InChI=1S/C23H18Cl2F2N4O4/c1-3-34-18(32)10-17-21-29-30-22(23(25,26)27)31(21)15-8-7-12(11-28)9-14(15)20(35-17)13-5-4-6-16(33-2)19(13)24/h4-9,17,20H,3,10H2,1-2H3/t17-,20-/m1/s1. The van der Waals surface area contributed by atoms with E-state index in [0.29, 0.717) is 16.9 Å². The minimum atomic E-state index is -3.89. The normalized spacial score (nSPS) is 17.1. The molecule has 8 nitrogen and oxygen atoms in total. The summed E-state index contributed by atoms with van der Waals surface area (Å²) in [6, 6.07) is 11.4. The van der Waals surface area contributed by atoms with Gasteiger partial charge in [0.25, 0.3) is 0 Å². The van der Waals surface area contributed by atoms with Gasteiger partial charge in [0.05, 0.1) is 42.5 Å².